The summed E-state index contributed by atoms with van der Waals surface area (Å²) in [6.45, 7) is 2.61. The zero-order valence-corrected chi connectivity index (χ0v) is 13.6. The van der Waals surface area contributed by atoms with Gasteiger partial charge in [-0.3, -0.25) is 0 Å². The van der Waals surface area contributed by atoms with Crippen molar-refractivity contribution < 1.29 is 13.2 Å². The van der Waals surface area contributed by atoms with Crippen molar-refractivity contribution in [3.05, 3.63) is 50.4 Å². The highest BCUT2D eigenvalue weighted by Crippen LogP contribution is 2.35. The third kappa shape index (κ3) is 4.52. The van der Waals surface area contributed by atoms with Gasteiger partial charge in [0.15, 0.2) is 5.01 Å². The fourth-order valence-corrected chi connectivity index (χ4v) is 3.30. The molecule has 0 aliphatic heterocycles. The van der Waals surface area contributed by atoms with E-state index in [9.17, 15) is 13.2 Å². The first kappa shape index (κ1) is 16.5. The Morgan fingerprint density at radius 1 is 1.38 bits per heavy atom. The van der Waals surface area contributed by atoms with Gasteiger partial charge < -0.3 is 5.32 Å². The van der Waals surface area contributed by atoms with Crippen molar-refractivity contribution >= 4 is 27.3 Å². The van der Waals surface area contributed by atoms with Gasteiger partial charge in [0, 0.05) is 21.6 Å². The van der Waals surface area contributed by atoms with E-state index in [-0.39, 0.29) is 6.04 Å². The van der Waals surface area contributed by atoms with E-state index in [1.807, 2.05) is 31.2 Å². The van der Waals surface area contributed by atoms with Crippen LogP contribution in [-0.4, -0.2) is 11.5 Å². The first-order valence-electron chi connectivity index (χ1n) is 6.41. The fourth-order valence-electron chi connectivity index (χ4n) is 2.00. The SMILES string of the molecule is CCNC(Cc1cccc(Br)c1)c1cnc(C(F)(F)F)s1. The average Bonchev–Trinajstić information content (AvgIpc) is 2.87. The first-order chi connectivity index (χ1) is 9.90. The van der Waals surface area contributed by atoms with E-state index >= 15 is 0 Å². The van der Waals surface area contributed by atoms with Gasteiger partial charge in [0.1, 0.15) is 0 Å². The van der Waals surface area contributed by atoms with Gasteiger partial charge in [0.05, 0.1) is 0 Å². The van der Waals surface area contributed by atoms with Crippen molar-refractivity contribution in [3.63, 3.8) is 0 Å². The number of benzene rings is 1. The van der Waals surface area contributed by atoms with Gasteiger partial charge in [-0.05, 0) is 30.7 Å². The van der Waals surface area contributed by atoms with Crippen LogP contribution in [0.2, 0.25) is 0 Å². The largest absolute Gasteiger partial charge is 0.443 e. The second kappa shape index (κ2) is 6.89. The molecule has 0 aliphatic rings. The highest BCUT2D eigenvalue weighted by atomic mass is 79.9. The van der Waals surface area contributed by atoms with Gasteiger partial charge in [-0.25, -0.2) is 4.98 Å². The molecule has 1 atom stereocenters. The summed E-state index contributed by atoms with van der Waals surface area (Å²) >= 11 is 4.10. The maximum atomic E-state index is 12.7. The van der Waals surface area contributed by atoms with Crippen LogP contribution in [0.1, 0.15) is 28.4 Å². The summed E-state index contributed by atoms with van der Waals surface area (Å²) in [5, 5.41) is 2.42. The van der Waals surface area contributed by atoms with Crippen LogP contribution in [0.15, 0.2) is 34.9 Å². The standard InChI is InChI=1S/C14H14BrF3N2S/c1-2-19-11(7-9-4-3-5-10(15)6-9)12-8-20-13(21-12)14(16,17)18/h3-6,8,11,19H,2,7H2,1H3. The van der Waals surface area contributed by atoms with Crippen LogP contribution in [0.3, 0.4) is 0 Å². The third-order valence-corrected chi connectivity index (χ3v) is 4.54. The third-order valence-electron chi connectivity index (χ3n) is 2.89. The molecule has 1 aromatic carbocycles. The number of nitrogens with zero attached hydrogens (tertiary/aromatic N) is 1. The average molecular weight is 379 g/mol. The lowest BCUT2D eigenvalue weighted by Gasteiger charge is -2.16. The summed E-state index contributed by atoms with van der Waals surface area (Å²) in [4.78, 5) is 4.10. The zero-order valence-electron chi connectivity index (χ0n) is 11.2. The molecule has 2 aromatic rings. The number of hydrogen-bond acceptors (Lipinski definition) is 3. The normalized spacial score (nSPS) is 13.4. The molecule has 7 heteroatoms. The Balaban J connectivity index is 2.20. The Kier molecular flexibility index (Phi) is 5.40. The minimum Gasteiger partial charge on any atom is -0.309 e. The van der Waals surface area contributed by atoms with E-state index in [4.69, 9.17) is 0 Å². The number of likely N-dealkylation sites (N-methyl/N-ethyl adjacent to an activating group) is 1. The number of nitrogens with one attached hydrogen (secondary N) is 1. The molecule has 0 saturated carbocycles. The molecule has 0 saturated heterocycles. The Morgan fingerprint density at radius 3 is 2.71 bits per heavy atom. The molecule has 0 fully saturated rings. The topological polar surface area (TPSA) is 24.9 Å². The smallest absolute Gasteiger partial charge is 0.309 e. The summed E-state index contributed by atoms with van der Waals surface area (Å²) in [5.74, 6) is 0. The minimum atomic E-state index is -4.38. The molecule has 0 spiro atoms. The molecule has 1 heterocycles. The quantitative estimate of drug-likeness (QED) is 0.806. The van der Waals surface area contributed by atoms with Crippen molar-refractivity contribution in [2.75, 3.05) is 6.54 Å². The maximum absolute atomic E-state index is 12.7. The van der Waals surface area contributed by atoms with Gasteiger partial charge in [0.2, 0.25) is 0 Å². The van der Waals surface area contributed by atoms with E-state index < -0.39 is 11.2 Å². The lowest BCUT2D eigenvalue weighted by Crippen LogP contribution is -2.22. The number of aromatic nitrogens is 1. The first-order valence-corrected chi connectivity index (χ1v) is 8.02. The number of thiazole rings is 1. The lowest BCUT2D eigenvalue weighted by atomic mass is 10.1. The Bertz CT molecular complexity index is 598. The maximum Gasteiger partial charge on any atom is 0.443 e. The number of alkyl halides is 3. The van der Waals surface area contributed by atoms with Crippen molar-refractivity contribution in [1.29, 1.82) is 0 Å². The van der Waals surface area contributed by atoms with E-state index in [1.54, 1.807) is 0 Å². The van der Waals surface area contributed by atoms with E-state index in [2.05, 4.69) is 26.2 Å². The van der Waals surface area contributed by atoms with Crippen LogP contribution >= 0.6 is 27.3 Å². The molecule has 0 aliphatic carbocycles. The van der Waals surface area contributed by atoms with Gasteiger partial charge in [-0.15, -0.1) is 11.3 Å². The molecule has 0 amide bonds. The molecular weight excluding hydrogens is 365 g/mol. The summed E-state index contributed by atoms with van der Waals surface area (Å²) in [7, 11) is 0. The minimum absolute atomic E-state index is 0.169. The second-order valence-electron chi connectivity index (χ2n) is 4.51. The molecule has 0 radical (unpaired) electrons. The monoisotopic (exact) mass is 378 g/mol. The van der Waals surface area contributed by atoms with Crippen molar-refractivity contribution in [1.82, 2.24) is 10.3 Å². The van der Waals surface area contributed by atoms with Crippen LogP contribution in [0.5, 0.6) is 0 Å². The summed E-state index contributed by atoms with van der Waals surface area (Å²) in [6, 6.07) is 7.59. The summed E-state index contributed by atoms with van der Waals surface area (Å²) in [5.41, 5.74) is 1.05. The molecule has 21 heavy (non-hydrogen) atoms. The van der Waals surface area contributed by atoms with Gasteiger partial charge in [-0.2, -0.15) is 13.2 Å². The van der Waals surface area contributed by atoms with Gasteiger partial charge in [0.25, 0.3) is 0 Å². The predicted molar refractivity (Wildman–Crippen MR) is 81.4 cm³/mol. The molecule has 1 aromatic heterocycles. The van der Waals surface area contributed by atoms with E-state index in [0.717, 1.165) is 10.0 Å². The molecule has 1 N–H and O–H groups in total. The molecule has 1 unspecified atom stereocenters. The summed E-state index contributed by atoms with van der Waals surface area (Å²) in [6.07, 6.45) is -2.44. The Hall–Kier alpha value is -0.920. The highest BCUT2D eigenvalue weighted by Gasteiger charge is 2.35. The molecular formula is C14H14BrF3N2S. The lowest BCUT2D eigenvalue weighted by molar-refractivity contribution is -0.137. The fraction of sp³-hybridized carbons (Fsp3) is 0.357. The zero-order chi connectivity index (χ0) is 15.5. The van der Waals surface area contributed by atoms with Crippen molar-refractivity contribution in [2.45, 2.75) is 25.6 Å². The summed E-state index contributed by atoms with van der Waals surface area (Å²) < 4.78 is 38.9. The van der Waals surface area contributed by atoms with Crippen LogP contribution in [0, 0.1) is 0 Å². The van der Waals surface area contributed by atoms with Gasteiger partial charge in [-0.1, -0.05) is 35.0 Å². The van der Waals surface area contributed by atoms with Gasteiger partial charge >= 0.3 is 6.18 Å². The van der Waals surface area contributed by atoms with E-state index in [1.165, 1.54) is 6.20 Å². The molecule has 114 valence electrons. The van der Waals surface area contributed by atoms with Crippen LogP contribution in [-0.2, 0) is 12.6 Å². The van der Waals surface area contributed by atoms with Crippen molar-refractivity contribution in [2.24, 2.45) is 0 Å². The van der Waals surface area contributed by atoms with E-state index in [0.29, 0.717) is 29.2 Å². The molecule has 2 nitrogen and oxygen atoms in total. The Labute approximate surface area is 133 Å². The highest BCUT2D eigenvalue weighted by molar-refractivity contribution is 9.10. The molecule has 2 rings (SSSR count). The number of halogens is 4. The predicted octanol–water partition coefficient (Wildman–Crippen LogP) is 4.82. The second-order valence-corrected chi connectivity index (χ2v) is 6.49. The van der Waals surface area contributed by atoms with Crippen LogP contribution in [0.4, 0.5) is 13.2 Å². The van der Waals surface area contributed by atoms with Crippen molar-refractivity contribution in [3.8, 4) is 0 Å². The Morgan fingerprint density at radius 2 is 2.14 bits per heavy atom. The molecule has 0 bridgehead atoms. The number of rotatable bonds is 5. The van der Waals surface area contributed by atoms with Crippen LogP contribution in [0.25, 0.3) is 0 Å². The number of hydrogen-bond donors (Lipinski definition) is 1. The van der Waals surface area contributed by atoms with Crippen LogP contribution < -0.4 is 5.32 Å².